The third-order valence-corrected chi connectivity index (χ3v) is 5.66. The summed E-state index contributed by atoms with van der Waals surface area (Å²) in [6, 6.07) is 4.09. The first-order valence-electron chi connectivity index (χ1n) is 10.3. The van der Waals surface area contributed by atoms with Crippen molar-refractivity contribution in [2.45, 2.75) is 38.0 Å². The van der Waals surface area contributed by atoms with E-state index < -0.39 is 35.3 Å². The van der Waals surface area contributed by atoms with E-state index in [9.17, 15) is 27.2 Å². The van der Waals surface area contributed by atoms with Crippen LogP contribution in [0.2, 0.25) is 0 Å². The van der Waals surface area contributed by atoms with Crippen LogP contribution in [0.1, 0.15) is 35.9 Å². The minimum Gasteiger partial charge on any atom is -0.352 e. The van der Waals surface area contributed by atoms with Crippen LogP contribution in [0.3, 0.4) is 0 Å². The molecular weight excluding hydrogens is 432 g/mol. The number of amides is 2. The van der Waals surface area contributed by atoms with Gasteiger partial charge in [-0.05, 0) is 44.0 Å². The summed E-state index contributed by atoms with van der Waals surface area (Å²) in [7, 11) is 0. The fourth-order valence-corrected chi connectivity index (χ4v) is 3.62. The van der Waals surface area contributed by atoms with Gasteiger partial charge >= 0.3 is 6.18 Å². The Hall–Kier alpha value is -3.02. The molecule has 2 fully saturated rings. The summed E-state index contributed by atoms with van der Waals surface area (Å²) in [6.45, 7) is 2.77. The summed E-state index contributed by atoms with van der Waals surface area (Å²) < 4.78 is 55.1. The highest BCUT2D eigenvalue weighted by Crippen LogP contribution is 2.33. The minimum atomic E-state index is -4.90. The van der Waals surface area contributed by atoms with Gasteiger partial charge in [-0.15, -0.1) is 5.10 Å². The van der Waals surface area contributed by atoms with Crippen molar-refractivity contribution < 1.29 is 27.2 Å². The molecule has 1 atom stereocenters. The Morgan fingerprint density at radius 2 is 1.72 bits per heavy atom. The van der Waals surface area contributed by atoms with Crippen molar-refractivity contribution in [2.24, 2.45) is 0 Å². The second kappa shape index (κ2) is 8.49. The van der Waals surface area contributed by atoms with Crippen LogP contribution in [-0.4, -0.2) is 74.9 Å². The summed E-state index contributed by atoms with van der Waals surface area (Å²) in [5.41, 5.74) is -2.19. The molecule has 172 valence electrons. The Morgan fingerprint density at radius 1 is 1.09 bits per heavy atom. The van der Waals surface area contributed by atoms with Crippen LogP contribution in [-0.2, 0) is 11.0 Å². The summed E-state index contributed by atoms with van der Waals surface area (Å²) in [5.74, 6) is -1.59. The van der Waals surface area contributed by atoms with Gasteiger partial charge in [-0.25, -0.2) is 9.07 Å². The summed E-state index contributed by atoms with van der Waals surface area (Å²) in [5, 5.41) is 9.95. The van der Waals surface area contributed by atoms with Gasteiger partial charge in [-0.1, -0.05) is 5.21 Å². The van der Waals surface area contributed by atoms with Crippen molar-refractivity contribution in [3.8, 4) is 5.69 Å². The normalized spacial score (nSPS) is 18.5. The SMILES string of the molecule is CC(C(=O)NC1CC1)N1CCN(C(=O)c2nnn(-c3ccc(F)cc3)c2C(F)(F)F)CC1. The van der Waals surface area contributed by atoms with Crippen LogP contribution in [0.4, 0.5) is 17.6 Å². The predicted molar refractivity (Wildman–Crippen MR) is 104 cm³/mol. The number of hydrogen-bond donors (Lipinski definition) is 1. The molecule has 1 aliphatic carbocycles. The Bertz CT molecular complexity index is 995. The highest BCUT2D eigenvalue weighted by Gasteiger charge is 2.43. The molecule has 1 aromatic heterocycles. The molecule has 2 heterocycles. The monoisotopic (exact) mass is 454 g/mol. The second-order valence-corrected chi connectivity index (χ2v) is 7.96. The predicted octanol–water partition coefficient (Wildman–Crippen LogP) is 1.85. The molecule has 2 amide bonds. The number of aromatic nitrogens is 3. The number of rotatable bonds is 5. The third-order valence-electron chi connectivity index (χ3n) is 5.66. The molecule has 8 nitrogen and oxygen atoms in total. The quantitative estimate of drug-likeness (QED) is 0.698. The third kappa shape index (κ3) is 4.59. The van der Waals surface area contributed by atoms with Crippen molar-refractivity contribution >= 4 is 11.8 Å². The number of benzene rings is 1. The molecule has 2 aromatic rings. The number of carbonyl (C=O) groups excluding carboxylic acids is 2. The van der Waals surface area contributed by atoms with Gasteiger partial charge in [0.2, 0.25) is 5.91 Å². The van der Waals surface area contributed by atoms with Gasteiger partial charge in [0.05, 0.1) is 11.7 Å². The maximum atomic E-state index is 13.8. The molecule has 1 unspecified atom stereocenters. The van der Waals surface area contributed by atoms with E-state index in [1.54, 1.807) is 6.92 Å². The fourth-order valence-electron chi connectivity index (χ4n) is 3.62. The van der Waals surface area contributed by atoms with Crippen molar-refractivity contribution in [1.29, 1.82) is 0 Å². The van der Waals surface area contributed by atoms with Gasteiger partial charge in [0.1, 0.15) is 5.82 Å². The van der Waals surface area contributed by atoms with Crippen LogP contribution >= 0.6 is 0 Å². The average molecular weight is 454 g/mol. The van der Waals surface area contributed by atoms with Crippen LogP contribution < -0.4 is 5.32 Å². The van der Waals surface area contributed by atoms with Crippen molar-refractivity contribution in [1.82, 2.24) is 30.1 Å². The highest BCUT2D eigenvalue weighted by atomic mass is 19.4. The van der Waals surface area contributed by atoms with E-state index in [-0.39, 0.29) is 30.7 Å². The van der Waals surface area contributed by atoms with E-state index in [0.29, 0.717) is 17.8 Å². The van der Waals surface area contributed by atoms with E-state index in [1.807, 2.05) is 4.90 Å². The topological polar surface area (TPSA) is 83.4 Å². The van der Waals surface area contributed by atoms with Gasteiger partial charge in [0, 0.05) is 32.2 Å². The summed E-state index contributed by atoms with van der Waals surface area (Å²) in [6.07, 6.45) is -2.96. The number of nitrogens with zero attached hydrogens (tertiary/aromatic N) is 5. The lowest BCUT2D eigenvalue weighted by Crippen LogP contribution is -2.55. The number of hydrogen-bond acceptors (Lipinski definition) is 5. The van der Waals surface area contributed by atoms with E-state index in [4.69, 9.17) is 0 Å². The minimum absolute atomic E-state index is 0.0643. The van der Waals surface area contributed by atoms with Crippen LogP contribution in [0.15, 0.2) is 24.3 Å². The number of alkyl halides is 3. The first-order chi connectivity index (χ1) is 15.1. The van der Waals surface area contributed by atoms with Gasteiger partial charge < -0.3 is 10.2 Å². The molecule has 1 aromatic carbocycles. The largest absolute Gasteiger partial charge is 0.435 e. The standard InChI is InChI=1S/C20H22F4N6O2/c1-12(18(31)25-14-4-5-14)28-8-10-29(11-9-28)19(32)16-17(20(22,23)24)30(27-26-16)15-6-2-13(21)3-7-15/h2-3,6-7,12,14H,4-5,8-11H2,1H3,(H,25,31). The average Bonchev–Trinajstić information content (AvgIpc) is 3.45. The Labute approximate surface area is 181 Å². The van der Waals surface area contributed by atoms with Crippen molar-refractivity contribution in [3.63, 3.8) is 0 Å². The van der Waals surface area contributed by atoms with Gasteiger partial charge in [-0.2, -0.15) is 13.2 Å². The number of halogens is 4. The molecule has 1 aliphatic heterocycles. The van der Waals surface area contributed by atoms with Gasteiger partial charge in [0.25, 0.3) is 5.91 Å². The maximum absolute atomic E-state index is 13.8. The number of carbonyl (C=O) groups is 2. The first kappa shape index (κ1) is 22.2. The van der Waals surface area contributed by atoms with Crippen molar-refractivity contribution in [3.05, 3.63) is 41.5 Å². The smallest absolute Gasteiger partial charge is 0.352 e. The molecule has 0 bridgehead atoms. The molecule has 2 aliphatic rings. The zero-order valence-corrected chi connectivity index (χ0v) is 17.3. The maximum Gasteiger partial charge on any atom is 0.435 e. The molecule has 1 saturated carbocycles. The first-order valence-corrected chi connectivity index (χ1v) is 10.3. The Balaban J connectivity index is 1.49. The number of piperazine rings is 1. The molecule has 1 N–H and O–H groups in total. The molecule has 12 heteroatoms. The van der Waals surface area contributed by atoms with Crippen LogP contribution in [0, 0.1) is 5.82 Å². The molecule has 1 saturated heterocycles. The zero-order chi connectivity index (χ0) is 23.0. The second-order valence-electron chi connectivity index (χ2n) is 7.96. The van der Waals surface area contributed by atoms with Crippen LogP contribution in [0.25, 0.3) is 5.69 Å². The zero-order valence-electron chi connectivity index (χ0n) is 17.3. The lowest BCUT2D eigenvalue weighted by molar-refractivity contribution is -0.143. The molecule has 0 spiro atoms. The summed E-state index contributed by atoms with van der Waals surface area (Å²) >= 11 is 0. The highest BCUT2D eigenvalue weighted by molar-refractivity contribution is 5.93. The van der Waals surface area contributed by atoms with Gasteiger partial charge in [-0.3, -0.25) is 14.5 Å². The fraction of sp³-hybridized carbons (Fsp3) is 0.500. The lowest BCUT2D eigenvalue weighted by Gasteiger charge is -2.37. The van der Waals surface area contributed by atoms with E-state index in [0.717, 1.165) is 37.1 Å². The van der Waals surface area contributed by atoms with E-state index >= 15 is 0 Å². The van der Waals surface area contributed by atoms with E-state index in [1.165, 1.54) is 4.90 Å². The van der Waals surface area contributed by atoms with Gasteiger partial charge in [0.15, 0.2) is 11.4 Å². The molecule has 0 radical (unpaired) electrons. The van der Waals surface area contributed by atoms with Crippen LogP contribution in [0.5, 0.6) is 0 Å². The molecule has 4 rings (SSSR count). The van der Waals surface area contributed by atoms with E-state index in [2.05, 4.69) is 15.6 Å². The summed E-state index contributed by atoms with van der Waals surface area (Å²) in [4.78, 5) is 28.3. The van der Waals surface area contributed by atoms with Crippen molar-refractivity contribution in [2.75, 3.05) is 26.2 Å². The molecule has 32 heavy (non-hydrogen) atoms. The Morgan fingerprint density at radius 3 is 2.28 bits per heavy atom. The molecular formula is C20H22F4N6O2. The Kier molecular flexibility index (Phi) is 5.89. The number of nitrogens with one attached hydrogen (secondary N) is 1. The lowest BCUT2D eigenvalue weighted by atomic mass is 10.2.